The molecule has 190 valence electrons. The Morgan fingerprint density at radius 1 is 1.14 bits per heavy atom. The Labute approximate surface area is 200 Å². The number of nitrogens with zero attached hydrogens (tertiary/aromatic N) is 2. The molecule has 0 saturated heterocycles. The maximum Gasteiger partial charge on any atom is 0.420 e. The Bertz CT molecular complexity index is 1190. The lowest BCUT2D eigenvalue weighted by Crippen LogP contribution is -2.67. The minimum atomic E-state index is -4.99. The maximum atomic E-state index is 14.3. The van der Waals surface area contributed by atoms with Crippen molar-refractivity contribution in [3.05, 3.63) is 41.0 Å². The fourth-order valence-electron chi connectivity index (χ4n) is 5.96. The Balaban J connectivity index is 1.57. The monoisotopic (exact) mass is 521 g/mol. The molecule has 4 nitrogen and oxygen atoms in total. The average molecular weight is 522 g/mol. The van der Waals surface area contributed by atoms with E-state index in [1.54, 1.807) is 6.26 Å². The van der Waals surface area contributed by atoms with Crippen molar-refractivity contribution in [3.63, 3.8) is 0 Å². The maximum absolute atomic E-state index is 14.3. The van der Waals surface area contributed by atoms with Gasteiger partial charge in [0.1, 0.15) is 22.7 Å². The van der Waals surface area contributed by atoms with Crippen molar-refractivity contribution in [2.45, 2.75) is 73.7 Å². The van der Waals surface area contributed by atoms with Crippen LogP contribution in [0.15, 0.2) is 23.1 Å². The number of carbonyl (C=O) groups is 1. The highest BCUT2D eigenvalue weighted by Gasteiger charge is 2.72. The molecule has 0 unspecified atom stereocenters. The van der Waals surface area contributed by atoms with Crippen molar-refractivity contribution in [2.24, 2.45) is 5.41 Å². The van der Waals surface area contributed by atoms with Crippen LogP contribution in [-0.2, 0) is 18.1 Å². The summed E-state index contributed by atoms with van der Waals surface area (Å²) in [7, 11) is 0. The quantitative estimate of drug-likeness (QED) is 0.345. The van der Waals surface area contributed by atoms with E-state index in [0.717, 1.165) is 22.5 Å². The molecule has 0 atom stereocenters. The predicted octanol–water partition coefficient (Wildman–Crippen LogP) is 6.59. The lowest BCUT2D eigenvalue weighted by atomic mass is 9.41. The van der Waals surface area contributed by atoms with Crippen molar-refractivity contribution < 1.29 is 35.5 Å². The Hall–Kier alpha value is -2.24. The molecule has 1 amide bonds. The van der Waals surface area contributed by atoms with Crippen molar-refractivity contribution in [2.75, 3.05) is 11.6 Å². The molecule has 0 aliphatic heterocycles. The summed E-state index contributed by atoms with van der Waals surface area (Å²) in [4.78, 5) is 13.4. The molecule has 6 rings (SSSR count). The molecule has 1 aromatic carbocycles. The number of nitrogens with one attached hydrogen (secondary N) is 1. The second-order valence-electron chi connectivity index (χ2n) is 10.5. The minimum absolute atomic E-state index is 0.0674. The standard InChI is InChI=1S/C23H22F7N3OS/c1-19(6-22(26,27)7-19)11-33-16(18(34)31-12-3-4-13(24)14(5-12)35-2)15(23(28,29)30)17(32-33)20-8-21(25,9-20)10-20/h3-5H,6-11H2,1-2H3,(H,31,34). The second kappa shape index (κ2) is 7.39. The summed E-state index contributed by atoms with van der Waals surface area (Å²) in [6.07, 6.45) is -4.85. The summed E-state index contributed by atoms with van der Waals surface area (Å²) < 4.78 is 99.1. The van der Waals surface area contributed by atoms with Crippen LogP contribution in [0, 0.1) is 11.2 Å². The van der Waals surface area contributed by atoms with Gasteiger partial charge >= 0.3 is 6.18 Å². The van der Waals surface area contributed by atoms with Gasteiger partial charge in [-0.25, -0.2) is 17.6 Å². The largest absolute Gasteiger partial charge is 0.420 e. The number of hydrogen-bond donors (Lipinski definition) is 1. The van der Waals surface area contributed by atoms with Gasteiger partial charge in [0.05, 0.1) is 5.69 Å². The summed E-state index contributed by atoms with van der Waals surface area (Å²) >= 11 is 1.05. The van der Waals surface area contributed by atoms with E-state index in [0.29, 0.717) is 0 Å². The number of amides is 1. The first-order valence-electron chi connectivity index (χ1n) is 11.0. The molecule has 4 aliphatic rings. The zero-order valence-electron chi connectivity index (χ0n) is 18.8. The van der Waals surface area contributed by atoms with Crippen LogP contribution in [0.5, 0.6) is 0 Å². The van der Waals surface area contributed by atoms with E-state index >= 15 is 0 Å². The van der Waals surface area contributed by atoms with Crippen LogP contribution in [0.3, 0.4) is 0 Å². The lowest BCUT2D eigenvalue weighted by molar-refractivity contribution is -0.170. The smallest absolute Gasteiger partial charge is 0.321 e. The average Bonchev–Trinajstić information content (AvgIpc) is 3.03. The summed E-state index contributed by atoms with van der Waals surface area (Å²) in [5.74, 6) is -4.64. The van der Waals surface area contributed by atoms with Crippen LogP contribution in [0.2, 0.25) is 0 Å². The number of aromatic nitrogens is 2. The van der Waals surface area contributed by atoms with E-state index in [-0.39, 0.29) is 36.4 Å². The van der Waals surface area contributed by atoms with Gasteiger partial charge in [-0.15, -0.1) is 11.8 Å². The van der Waals surface area contributed by atoms with Crippen LogP contribution in [-0.4, -0.2) is 33.5 Å². The first-order chi connectivity index (χ1) is 16.1. The Kier molecular flexibility index (Phi) is 5.16. The van der Waals surface area contributed by atoms with E-state index < -0.39 is 70.1 Å². The molecule has 2 aromatic rings. The highest BCUT2D eigenvalue weighted by molar-refractivity contribution is 7.98. The number of anilines is 1. The van der Waals surface area contributed by atoms with Gasteiger partial charge in [-0.2, -0.15) is 18.3 Å². The van der Waals surface area contributed by atoms with E-state index in [1.165, 1.54) is 19.1 Å². The molecule has 35 heavy (non-hydrogen) atoms. The number of thioether (sulfide) groups is 1. The number of rotatable bonds is 6. The molecule has 4 saturated carbocycles. The van der Waals surface area contributed by atoms with Crippen LogP contribution < -0.4 is 5.32 Å². The third-order valence-corrected chi connectivity index (χ3v) is 7.98. The van der Waals surface area contributed by atoms with E-state index in [4.69, 9.17) is 0 Å². The van der Waals surface area contributed by atoms with Crippen LogP contribution in [0.25, 0.3) is 0 Å². The van der Waals surface area contributed by atoms with E-state index in [9.17, 15) is 35.5 Å². The van der Waals surface area contributed by atoms with Gasteiger partial charge in [-0.1, -0.05) is 6.92 Å². The summed E-state index contributed by atoms with van der Waals surface area (Å²) in [6, 6.07) is 3.58. The first kappa shape index (κ1) is 24.5. The Morgan fingerprint density at radius 3 is 2.29 bits per heavy atom. The van der Waals surface area contributed by atoms with Gasteiger partial charge in [-0.05, 0) is 49.1 Å². The van der Waals surface area contributed by atoms with Gasteiger partial charge in [0.15, 0.2) is 0 Å². The van der Waals surface area contributed by atoms with Crippen molar-refractivity contribution in [1.82, 2.24) is 9.78 Å². The number of hydrogen-bond acceptors (Lipinski definition) is 3. The van der Waals surface area contributed by atoms with Crippen molar-refractivity contribution >= 4 is 23.4 Å². The summed E-state index contributed by atoms with van der Waals surface area (Å²) in [6.45, 7) is 1.17. The molecule has 2 bridgehead atoms. The van der Waals surface area contributed by atoms with E-state index in [1.807, 2.05) is 0 Å². The molecule has 0 spiro atoms. The van der Waals surface area contributed by atoms with Gasteiger partial charge in [-0.3, -0.25) is 9.48 Å². The van der Waals surface area contributed by atoms with Gasteiger partial charge < -0.3 is 5.32 Å². The van der Waals surface area contributed by atoms with Gasteiger partial charge in [0, 0.05) is 35.4 Å². The number of alkyl halides is 6. The molecule has 4 aliphatic carbocycles. The number of carbonyl (C=O) groups excluding carboxylic acids is 1. The van der Waals surface area contributed by atoms with Crippen molar-refractivity contribution in [3.8, 4) is 0 Å². The fraction of sp³-hybridized carbons (Fsp3) is 0.565. The highest BCUT2D eigenvalue weighted by atomic mass is 32.2. The van der Waals surface area contributed by atoms with Crippen LogP contribution in [0.1, 0.15) is 60.8 Å². The fourth-order valence-corrected chi connectivity index (χ4v) is 6.47. The molecular weight excluding hydrogens is 499 g/mol. The molecule has 12 heteroatoms. The predicted molar refractivity (Wildman–Crippen MR) is 115 cm³/mol. The molecule has 0 radical (unpaired) electrons. The minimum Gasteiger partial charge on any atom is -0.321 e. The zero-order valence-corrected chi connectivity index (χ0v) is 19.6. The Morgan fingerprint density at radius 2 is 1.77 bits per heavy atom. The third kappa shape index (κ3) is 4.01. The molecular formula is C23H22F7N3OS. The van der Waals surface area contributed by atoms with Gasteiger partial charge in [0.2, 0.25) is 5.92 Å². The molecule has 1 N–H and O–H groups in total. The summed E-state index contributed by atoms with van der Waals surface area (Å²) in [5, 5.41) is 6.50. The SMILES string of the molecule is CSc1cc(NC(=O)c2c(C(F)(F)F)c(C34CC(F)(C3)C4)nn2CC2(C)CC(F)(F)C2)ccc1F. The lowest BCUT2D eigenvalue weighted by Gasteiger charge is -2.65. The molecule has 1 aromatic heterocycles. The molecule has 1 heterocycles. The molecule has 4 fully saturated rings. The number of benzene rings is 1. The number of halogens is 7. The highest BCUT2D eigenvalue weighted by Crippen LogP contribution is 2.70. The van der Waals surface area contributed by atoms with Gasteiger partial charge in [0.25, 0.3) is 5.91 Å². The third-order valence-electron chi connectivity index (χ3n) is 7.23. The second-order valence-corrected chi connectivity index (χ2v) is 11.4. The van der Waals surface area contributed by atoms with Crippen molar-refractivity contribution in [1.29, 1.82) is 0 Å². The van der Waals surface area contributed by atoms with Crippen LogP contribution >= 0.6 is 11.8 Å². The van der Waals surface area contributed by atoms with Crippen LogP contribution in [0.4, 0.5) is 36.4 Å². The topological polar surface area (TPSA) is 46.9 Å². The first-order valence-corrected chi connectivity index (χ1v) is 12.2. The zero-order chi connectivity index (χ0) is 25.6. The van der Waals surface area contributed by atoms with E-state index in [2.05, 4.69) is 10.4 Å². The normalized spacial score (nSPS) is 28.0. The summed E-state index contributed by atoms with van der Waals surface area (Å²) in [5.41, 5.74) is -6.11.